The zero-order valence-electron chi connectivity index (χ0n) is 16.2. The van der Waals surface area contributed by atoms with Gasteiger partial charge in [0.15, 0.2) is 5.65 Å². The Morgan fingerprint density at radius 3 is 2.61 bits per heavy atom. The normalized spacial score (nSPS) is 16.0. The van der Waals surface area contributed by atoms with E-state index in [1.165, 1.54) is 25.7 Å². The Hall–Kier alpha value is -2.96. The second kappa shape index (κ2) is 8.37. The molecule has 1 saturated heterocycles. The standard InChI is InChI=1S/C21H26N6O/c1-16(17-9-5-4-6-10-17)25-19(28)14-27-21-18(13-24-27)20(22-15-23-21)26-11-7-2-3-8-12-26/h4-6,9-10,13,15-16H,2-3,7-8,11-12,14H2,1H3,(H,25,28). The summed E-state index contributed by atoms with van der Waals surface area (Å²) < 4.78 is 1.66. The average Bonchev–Trinajstić information content (AvgIpc) is 2.94. The molecule has 1 fully saturated rings. The molecule has 2 aromatic heterocycles. The first-order chi connectivity index (χ1) is 13.7. The second-order valence-corrected chi connectivity index (χ2v) is 7.34. The molecule has 7 heteroatoms. The van der Waals surface area contributed by atoms with Crippen molar-refractivity contribution in [2.24, 2.45) is 0 Å². The number of rotatable bonds is 5. The van der Waals surface area contributed by atoms with Gasteiger partial charge in [-0.05, 0) is 25.3 Å². The van der Waals surface area contributed by atoms with Crippen LogP contribution < -0.4 is 10.2 Å². The number of aromatic nitrogens is 4. The maximum atomic E-state index is 12.5. The molecule has 1 aliphatic heterocycles. The fourth-order valence-electron chi connectivity index (χ4n) is 3.78. The van der Waals surface area contributed by atoms with Crippen molar-refractivity contribution >= 4 is 22.8 Å². The predicted octanol–water partition coefficient (Wildman–Crippen LogP) is 3.08. The van der Waals surface area contributed by atoms with Crippen LogP contribution in [-0.4, -0.2) is 38.7 Å². The number of hydrogen-bond donors (Lipinski definition) is 1. The number of hydrogen-bond acceptors (Lipinski definition) is 5. The van der Waals surface area contributed by atoms with E-state index < -0.39 is 0 Å². The molecular formula is C21H26N6O. The third kappa shape index (κ3) is 3.98. The van der Waals surface area contributed by atoms with Gasteiger partial charge in [-0.2, -0.15) is 5.10 Å². The van der Waals surface area contributed by atoms with E-state index >= 15 is 0 Å². The molecule has 1 aliphatic rings. The lowest BCUT2D eigenvalue weighted by atomic mass is 10.1. The molecule has 1 unspecified atom stereocenters. The molecule has 28 heavy (non-hydrogen) atoms. The highest BCUT2D eigenvalue weighted by Crippen LogP contribution is 2.25. The van der Waals surface area contributed by atoms with Crippen molar-refractivity contribution < 1.29 is 4.79 Å². The van der Waals surface area contributed by atoms with Gasteiger partial charge in [0, 0.05) is 13.1 Å². The molecule has 1 atom stereocenters. The van der Waals surface area contributed by atoms with Crippen LogP contribution in [-0.2, 0) is 11.3 Å². The zero-order valence-corrected chi connectivity index (χ0v) is 16.2. The molecule has 146 valence electrons. The van der Waals surface area contributed by atoms with Gasteiger partial charge in [-0.3, -0.25) is 4.79 Å². The Balaban J connectivity index is 1.50. The zero-order chi connectivity index (χ0) is 19.3. The quantitative estimate of drug-likeness (QED) is 0.738. The molecule has 0 aliphatic carbocycles. The first kappa shape index (κ1) is 18.4. The van der Waals surface area contributed by atoms with Gasteiger partial charge in [-0.25, -0.2) is 14.6 Å². The van der Waals surface area contributed by atoms with Crippen LogP contribution in [0.2, 0.25) is 0 Å². The van der Waals surface area contributed by atoms with Crippen molar-refractivity contribution in [1.29, 1.82) is 0 Å². The summed E-state index contributed by atoms with van der Waals surface area (Å²) in [5.41, 5.74) is 1.78. The van der Waals surface area contributed by atoms with Crippen LogP contribution in [0, 0.1) is 0 Å². The van der Waals surface area contributed by atoms with Crippen LogP contribution in [0.4, 0.5) is 5.82 Å². The highest BCUT2D eigenvalue weighted by Gasteiger charge is 2.18. The van der Waals surface area contributed by atoms with Crippen molar-refractivity contribution in [3.05, 3.63) is 48.4 Å². The van der Waals surface area contributed by atoms with E-state index in [0.29, 0.717) is 5.65 Å². The number of benzene rings is 1. The van der Waals surface area contributed by atoms with Crippen molar-refractivity contribution in [1.82, 2.24) is 25.1 Å². The Kier molecular flexibility index (Phi) is 5.50. The van der Waals surface area contributed by atoms with Gasteiger partial charge in [0.1, 0.15) is 18.7 Å². The summed E-state index contributed by atoms with van der Waals surface area (Å²) in [6, 6.07) is 9.87. The molecular weight excluding hydrogens is 352 g/mol. The second-order valence-electron chi connectivity index (χ2n) is 7.34. The number of amides is 1. The molecule has 7 nitrogen and oxygen atoms in total. The maximum Gasteiger partial charge on any atom is 0.242 e. The van der Waals surface area contributed by atoms with E-state index in [1.54, 1.807) is 17.2 Å². The van der Waals surface area contributed by atoms with Gasteiger partial charge in [-0.1, -0.05) is 43.2 Å². The fraction of sp³-hybridized carbons (Fsp3) is 0.429. The average molecular weight is 378 g/mol. The van der Waals surface area contributed by atoms with Crippen LogP contribution >= 0.6 is 0 Å². The third-order valence-electron chi connectivity index (χ3n) is 5.29. The molecule has 1 aromatic carbocycles. The molecule has 3 aromatic rings. The smallest absolute Gasteiger partial charge is 0.242 e. The van der Waals surface area contributed by atoms with Crippen molar-refractivity contribution in [2.75, 3.05) is 18.0 Å². The number of nitrogens with zero attached hydrogens (tertiary/aromatic N) is 5. The maximum absolute atomic E-state index is 12.5. The first-order valence-corrected chi connectivity index (χ1v) is 9.98. The summed E-state index contributed by atoms with van der Waals surface area (Å²) in [7, 11) is 0. The Bertz CT molecular complexity index is 930. The lowest BCUT2D eigenvalue weighted by Gasteiger charge is -2.21. The van der Waals surface area contributed by atoms with Gasteiger partial charge in [0.05, 0.1) is 17.6 Å². The van der Waals surface area contributed by atoms with E-state index in [4.69, 9.17) is 0 Å². The Labute approximate surface area is 164 Å². The summed E-state index contributed by atoms with van der Waals surface area (Å²) in [5, 5.41) is 8.36. The van der Waals surface area contributed by atoms with Gasteiger partial charge in [0.2, 0.25) is 5.91 Å². The number of carbonyl (C=O) groups excluding carboxylic acids is 1. The minimum absolute atomic E-state index is 0.0576. The highest BCUT2D eigenvalue weighted by atomic mass is 16.2. The summed E-state index contributed by atoms with van der Waals surface area (Å²) in [5.74, 6) is 0.840. The van der Waals surface area contributed by atoms with Crippen LogP contribution in [0.1, 0.15) is 44.2 Å². The molecule has 3 heterocycles. The van der Waals surface area contributed by atoms with E-state index in [2.05, 4.69) is 25.3 Å². The minimum Gasteiger partial charge on any atom is -0.356 e. The summed E-state index contributed by atoms with van der Waals surface area (Å²) in [6.45, 7) is 4.13. The SMILES string of the molecule is CC(NC(=O)Cn1ncc2c(N3CCCCCC3)ncnc21)c1ccccc1. The topological polar surface area (TPSA) is 75.9 Å². The van der Waals surface area contributed by atoms with Crippen LogP contribution in [0.25, 0.3) is 11.0 Å². The van der Waals surface area contributed by atoms with Gasteiger partial charge < -0.3 is 10.2 Å². The van der Waals surface area contributed by atoms with Crippen molar-refractivity contribution in [3.63, 3.8) is 0 Å². The van der Waals surface area contributed by atoms with Gasteiger partial charge in [0.25, 0.3) is 0 Å². The monoisotopic (exact) mass is 378 g/mol. The lowest BCUT2D eigenvalue weighted by Crippen LogP contribution is -2.30. The third-order valence-corrected chi connectivity index (χ3v) is 5.29. The molecule has 4 rings (SSSR count). The molecule has 0 bridgehead atoms. The van der Waals surface area contributed by atoms with Gasteiger partial charge >= 0.3 is 0 Å². The van der Waals surface area contributed by atoms with Crippen LogP contribution in [0.5, 0.6) is 0 Å². The highest BCUT2D eigenvalue weighted by molar-refractivity contribution is 5.88. The Morgan fingerprint density at radius 2 is 1.86 bits per heavy atom. The number of fused-ring (bicyclic) bond motifs is 1. The summed E-state index contributed by atoms with van der Waals surface area (Å²) in [6.07, 6.45) is 8.25. The summed E-state index contributed by atoms with van der Waals surface area (Å²) >= 11 is 0. The fourth-order valence-corrected chi connectivity index (χ4v) is 3.78. The minimum atomic E-state index is -0.0868. The van der Waals surface area contributed by atoms with E-state index in [-0.39, 0.29) is 18.5 Å². The van der Waals surface area contributed by atoms with Gasteiger partial charge in [-0.15, -0.1) is 0 Å². The van der Waals surface area contributed by atoms with E-state index in [1.807, 2.05) is 37.3 Å². The van der Waals surface area contributed by atoms with E-state index in [0.717, 1.165) is 29.9 Å². The first-order valence-electron chi connectivity index (χ1n) is 9.98. The molecule has 0 radical (unpaired) electrons. The molecule has 1 amide bonds. The largest absolute Gasteiger partial charge is 0.356 e. The predicted molar refractivity (Wildman–Crippen MR) is 109 cm³/mol. The number of nitrogens with one attached hydrogen (secondary N) is 1. The number of anilines is 1. The van der Waals surface area contributed by atoms with Crippen molar-refractivity contribution in [3.8, 4) is 0 Å². The van der Waals surface area contributed by atoms with Crippen LogP contribution in [0.15, 0.2) is 42.9 Å². The molecule has 0 spiro atoms. The summed E-state index contributed by atoms with van der Waals surface area (Å²) in [4.78, 5) is 23.8. The number of carbonyl (C=O) groups is 1. The van der Waals surface area contributed by atoms with E-state index in [9.17, 15) is 4.79 Å². The molecule has 1 N–H and O–H groups in total. The Morgan fingerprint density at radius 1 is 1.11 bits per heavy atom. The van der Waals surface area contributed by atoms with Crippen LogP contribution in [0.3, 0.4) is 0 Å². The van der Waals surface area contributed by atoms with Crippen molar-refractivity contribution in [2.45, 2.75) is 45.2 Å². The molecule has 0 saturated carbocycles. The lowest BCUT2D eigenvalue weighted by molar-refractivity contribution is -0.122.